The molecule has 0 bridgehead atoms. The highest BCUT2D eigenvalue weighted by molar-refractivity contribution is 7.14. The van der Waals surface area contributed by atoms with Crippen LogP contribution in [0, 0.1) is 10.1 Å². The predicted octanol–water partition coefficient (Wildman–Crippen LogP) is 4.14. The van der Waals surface area contributed by atoms with Crippen molar-refractivity contribution in [2.24, 2.45) is 5.10 Å². The van der Waals surface area contributed by atoms with Crippen LogP contribution >= 0.6 is 11.3 Å². The van der Waals surface area contributed by atoms with Crippen LogP contribution in [0.3, 0.4) is 0 Å². The van der Waals surface area contributed by atoms with Crippen molar-refractivity contribution in [2.75, 3.05) is 25.0 Å². The van der Waals surface area contributed by atoms with Gasteiger partial charge in [-0.3, -0.25) is 20.3 Å². The Kier molecular flexibility index (Phi) is 6.78. The predicted molar refractivity (Wildman–Crippen MR) is 119 cm³/mol. The number of amides is 1. The Bertz CT molecular complexity index is 1130. The number of carbonyl (C=O) groups excluding carboxylic acids is 1. The van der Waals surface area contributed by atoms with E-state index in [1.54, 1.807) is 12.1 Å². The molecule has 3 aromatic rings. The number of thiazole rings is 1. The van der Waals surface area contributed by atoms with E-state index < -0.39 is 4.92 Å². The van der Waals surface area contributed by atoms with Crippen molar-refractivity contribution >= 4 is 40.0 Å². The molecule has 0 fully saturated rings. The van der Waals surface area contributed by atoms with Crippen LogP contribution in [0.5, 0.6) is 11.5 Å². The van der Waals surface area contributed by atoms with E-state index in [1.807, 2.05) is 17.5 Å². The molecule has 160 valence electrons. The third-order valence-electron chi connectivity index (χ3n) is 4.10. The summed E-state index contributed by atoms with van der Waals surface area (Å²) in [5, 5.41) is 20.5. The fourth-order valence-corrected chi connectivity index (χ4v) is 3.36. The second-order valence-corrected chi connectivity index (χ2v) is 7.05. The zero-order chi connectivity index (χ0) is 22.4. The lowest BCUT2D eigenvalue weighted by Gasteiger charge is -2.08. The number of methoxy groups -OCH3 is 2. The van der Waals surface area contributed by atoms with Gasteiger partial charge in [-0.15, -0.1) is 11.3 Å². The first kappa shape index (κ1) is 21.7. The minimum Gasteiger partial charge on any atom is -0.496 e. The summed E-state index contributed by atoms with van der Waals surface area (Å²) in [6.07, 6.45) is 1.41. The number of hydrogen-bond acceptors (Lipinski definition) is 9. The molecule has 1 heterocycles. The van der Waals surface area contributed by atoms with Gasteiger partial charge in [0.15, 0.2) is 0 Å². The number of anilines is 2. The maximum Gasteiger partial charge on any atom is 0.311 e. The van der Waals surface area contributed by atoms with E-state index in [2.05, 4.69) is 20.8 Å². The third kappa shape index (κ3) is 5.34. The Morgan fingerprint density at radius 1 is 1.19 bits per heavy atom. The molecule has 0 radical (unpaired) electrons. The molecule has 2 N–H and O–H groups in total. The van der Waals surface area contributed by atoms with E-state index in [9.17, 15) is 14.9 Å². The van der Waals surface area contributed by atoms with Crippen molar-refractivity contribution in [3.8, 4) is 22.8 Å². The molecular weight excluding hydrogens is 422 g/mol. The summed E-state index contributed by atoms with van der Waals surface area (Å²) in [7, 11) is 2.81. The Balaban J connectivity index is 1.74. The quantitative estimate of drug-likeness (QED) is 0.305. The smallest absolute Gasteiger partial charge is 0.311 e. The van der Waals surface area contributed by atoms with E-state index in [-0.39, 0.29) is 17.3 Å². The summed E-state index contributed by atoms with van der Waals surface area (Å²) in [6.45, 7) is 1.45. The summed E-state index contributed by atoms with van der Waals surface area (Å²) in [6, 6.07) is 10.1. The number of benzene rings is 2. The van der Waals surface area contributed by atoms with Gasteiger partial charge in [0, 0.05) is 41.3 Å². The van der Waals surface area contributed by atoms with Crippen LogP contribution in [0.25, 0.3) is 11.3 Å². The fourth-order valence-electron chi connectivity index (χ4n) is 2.69. The maximum absolute atomic E-state index is 11.2. The molecule has 11 heteroatoms. The molecule has 0 aliphatic heterocycles. The van der Waals surface area contributed by atoms with Crippen LogP contribution in [0.1, 0.15) is 12.5 Å². The molecule has 10 nitrogen and oxygen atoms in total. The molecule has 0 spiro atoms. The largest absolute Gasteiger partial charge is 0.496 e. The molecule has 0 aliphatic carbocycles. The third-order valence-corrected chi connectivity index (χ3v) is 4.84. The molecule has 0 saturated carbocycles. The number of nitrogens with zero attached hydrogens (tertiary/aromatic N) is 3. The minimum absolute atomic E-state index is 0.0982. The summed E-state index contributed by atoms with van der Waals surface area (Å²) < 4.78 is 10.3. The minimum atomic E-state index is -0.534. The highest BCUT2D eigenvalue weighted by Gasteiger charge is 2.18. The normalized spacial score (nSPS) is 10.7. The van der Waals surface area contributed by atoms with Gasteiger partial charge in [-0.25, -0.2) is 4.98 Å². The van der Waals surface area contributed by atoms with Gasteiger partial charge in [0.25, 0.3) is 0 Å². The lowest BCUT2D eigenvalue weighted by molar-refractivity contribution is -0.385. The molecule has 1 amide bonds. The lowest BCUT2D eigenvalue weighted by atomic mass is 10.1. The van der Waals surface area contributed by atoms with Gasteiger partial charge in [-0.2, -0.15) is 5.10 Å². The van der Waals surface area contributed by atoms with Crippen molar-refractivity contribution < 1.29 is 19.2 Å². The van der Waals surface area contributed by atoms with Crippen molar-refractivity contribution in [1.82, 2.24) is 4.98 Å². The molecule has 31 heavy (non-hydrogen) atoms. The molecule has 1 aromatic heterocycles. The first-order valence-electron chi connectivity index (χ1n) is 8.94. The van der Waals surface area contributed by atoms with Crippen LogP contribution in [-0.4, -0.2) is 36.2 Å². The molecule has 0 saturated heterocycles. The number of nitro benzene ring substituents is 1. The standard InChI is InChI=1S/C20H19N5O5S/c1-12(26)22-15-6-4-13(5-7-15)16-11-31-20(23-16)24-21-10-14-8-17(25(27)28)19(30-3)9-18(14)29-2/h4-11H,1-3H3,(H,22,26)(H,23,24)/b21-10-. The Morgan fingerprint density at radius 2 is 1.90 bits per heavy atom. The van der Waals surface area contributed by atoms with E-state index >= 15 is 0 Å². The SMILES string of the molecule is COc1cc(OC)c([N+](=O)[O-])cc1/C=N\Nc1nc(-c2ccc(NC(C)=O)cc2)cs1. The van der Waals surface area contributed by atoms with Crippen molar-refractivity contribution in [3.63, 3.8) is 0 Å². The number of nitro groups is 1. The van der Waals surface area contributed by atoms with Gasteiger partial charge < -0.3 is 14.8 Å². The number of hydrogen-bond donors (Lipinski definition) is 2. The maximum atomic E-state index is 11.2. The topological polar surface area (TPSA) is 128 Å². The lowest BCUT2D eigenvalue weighted by Crippen LogP contribution is -2.05. The Labute approximate surface area is 181 Å². The number of rotatable bonds is 8. The van der Waals surface area contributed by atoms with Crippen LogP contribution in [-0.2, 0) is 4.79 Å². The van der Waals surface area contributed by atoms with Crippen molar-refractivity contribution in [2.45, 2.75) is 6.92 Å². The fraction of sp³-hybridized carbons (Fsp3) is 0.150. The Morgan fingerprint density at radius 3 is 2.52 bits per heavy atom. The first-order valence-corrected chi connectivity index (χ1v) is 9.82. The summed E-state index contributed by atoms with van der Waals surface area (Å²) in [5.74, 6) is 0.345. The van der Waals surface area contributed by atoms with Gasteiger partial charge in [-0.1, -0.05) is 12.1 Å². The van der Waals surface area contributed by atoms with E-state index in [0.29, 0.717) is 22.1 Å². The van der Waals surface area contributed by atoms with Gasteiger partial charge in [0.1, 0.15) is 5.75 Å². The average Bonchev–Trinajstić information content (AvgIpc) is 3.22. The monoisotopic (exact) mass is 441 g/mol. The van der Waals surface area contributed by atoms with Crippen LogP contribution in [0.4, 0.5) is 16.5 Å². The van der Waals surface area contributed by atoms with Crippen molar-refractivity contribution in [3.05, 3.63) is 57.5 Å². The molecule has 2 aromatic carbocycles. The molecule has 0 atom stereocenters. The van der Waals surface area contributed by atoms with Gasteiger partial charge in [0.05, 0.1) is 31.1 Å². The van der Waals surface area contributed by atoms with Gasteiger partial charge in [0.2, 0.25) is 16.8 Å². The molecular formula is C20H19N5O5S. The Hall–Kier alpha value is -3.99. The number of aromatic nitrogens is 1. The first-order chi connectivity index (χ1) is 14.9. The van der Waals surface area contributed by atoms with Gasteiger partial charge >= 0.3 is 5.69 Å². The number of hydrazone groups is 1. The van der Waals surface area contributed by atoms with Gasteiger partial charge in [-0.05, 0) is 12.1 Å². The molecule has 0 unspecified atom stereocenters. The zero-order valence-electron chi connectivity index (χ0n) is 16.9. The number of carbonyl (C=O) groups is 1. The summed E-state index contributed by atoms with van der Waals surface area (Å²) in [4.78, 5) is 26.3. The summed E-state index contributed by atoms with van der Waals surface area (Å²) >= 11 is 1.35. The van der Waals surface area contributed by atoms with E-state index in [4.69, 9.17) is 9.47 Å². The van der Waals surface area contributed by atoms with Crippen LogP contribution < -0.4 is 20.2 Å². The van der Waals surface area contributed by atoms with Crippen molar-refractivity contribution in [1.29, 1.82) is 0 Å². The highest BCUT2D eigenvalue weighted by Crippen LogP contribution is 2.33. The number of ether oxygens (including phenoxy) is 2. The molecule has 3 rings (SSSR count). The highest BCUT2D eigenvalue weighted by atomic mass is 32.1. The second kappa shape index (κ2) is 9.67. The second-order valence-electron chi connectivity index (χ2n) is 6.19. The number of nitrogens with one attached hydrogen (secondary N) is 2. The van der Waals surface area contributed by atoms with Crippen LogP contribution in [0.2, 0.25) is 0 Å². The van der Waals surface area contributed by atoms with Crippen LogP contribution in [0.15, 0.2) is 46.9 Å². The zero-order valence-corrected chi connectivity index (χ0v) is 17.7. The van der Waals surface area contributed by atoms with E-state index in [1.165, 1.54) is 50.8 Å². The molecule has 0 aliphatic rings. The average molecular weight is 441 g/mol. The van der Waals surface area contributed by atoms with E-state index in [0.717, 1.165) is 11.3 Å². The summed E-state index contributed by atoms with van der Waals surface area (Å²) in [5.41, 5.74) is 5.37.